The van der Waals surface area contributed by atoms with E-state index >= 15 is 0 Å². The standard InChI is InChI=1S/C14H25F2N3O/c1-17-14(18(2)3)6-4-11(5-7-14)12(20)19-9-8-13(15,16)10-19/h11,17H,4-10H2,1-3H3. The van der Waals surface area contributed by atoms with Crippen LogP contribution in [-0.2, 0) is 4.79 Å². The molecule has 116 valence electrons. The molecule has 0 unspecified atom stereocenters. The maximum Gasteiger partial charge on any atom is 0.267 e. The van der Waals surface area contributed by atoms with E-state index in [1.165, 1.54) is 4.90 Å². The highest BCUT2D eigenvalue weighted by Gasteiger charge is 2.44. The fourth-order valence-corrected chi connectivity index (χ4v) is 3.45. The molecule has 4 nitrogen and oxygen atoms in total. The highest BCUT2D eigenvalue weighted by Crippen LogP contribution is 2.36. The minimum Gasteiger partial charge on any atom is -0.336 e. The van der Waals surface area contributed by atoms with Gasteiger partial charge in [0.15, 0.2) is 0 Å². The van der Waals surface area contributed by atoms with Gasteiger partial charge in [-0.3, -0.25) is 9.69 Å². The van der Waals surface area contributed by atoms with E-state index in [1.807, 2.05) is 21.1 Å². The molecule has 2 fully saturated rings. The lowest BCUT2D eigenvalue weighted by molar-refractivity contribution is -0.138. The Labute approximate surface area is 119 Å². The van der Waals surface area contributed by atoms with Crippen LogP contribution in [0.1, 0.15) is 32.1 Å². The van der Waals surface area contributed by atoms with Crippen molar-refractivity contribution in [3.05, 3.63) is 0 Å². The quantitative estimate of drug-likeness (QED) is 0.800. The van der Waals surface area contributed by atoms with Gasteiger partial charge < -0.3 is 10.2 Å². The van der Waals surface area contributed by atoms with Crippen molar-refractivity contribution < 1.29 is 13.6 Å². The van der Waals surface area contributed by atoms with Crippen molar-refractivity contribution in [2.75, 3.05) is 34.2 Å². The topological polar surface area (TPSA) is 35.6 Å². The Bertz CT molecular complexity index is 365. The Morgan fingerprint density at radius 1 is 1.25 bits per heavy atom. The van der Waals surface area contributed by atoms with Gasteiger partial charge in [-0.1, -0.05) is 0 Å². The predicted molar refractivity (Wildman–Crippen MR) is 73.6 cm³/mol. The molecule has 1 aliphatic carbocycles. The SMILES string of the molecule is CNC1(N(C)C)CCC(C(=O)N2CCC(F)(F)C2)CC1. The molecule has 2 aliphatic rings. The van der Waals surface area contributed by atoms with Gasteiger partial charge in [0.05, 0.1) is 12.2 Å². The van der Waals surface area contributed by atoms with Gasteiger partial charge in [0.25, 0.3) is 5.92 Å². The first kappa shape index (κ1) is 15.6. The fourth-order valence-electron chi connectivity index (χ4n) is 3.45. The lowest BCUT2D eigenvalue weighted by Crippen LogP contribution is -2.57. The maximum absolute atomic E-state index is 13.2. The smallest absolute Gasteiger partial charge is 0.267 e. The van der Waals surface area contributed by atoms with E-state index in [0.29, 0.717) is 0 Å². The molecular formula is C14H25F2N3O. The van der Waals surface area contributed by atoms with Crippen molar-refractivity contribution in [3.63, 3.8) is 0 Å². The second-order valence-corrected chi connectivity index (χ2v) is 6.32. The summed E-state index contributed by atoms with van der Waals surface area (Å²) < 4.78 is 26.4. The van der Waals surface area contributed by atoms with Crippen LogP contribution in [-0.4, -0.2) is 61.5 Å². The highest BCUT2D eigenvalue weighted by atomic mass is 19.3. The van der Waals surface area contributed by atoms with Gasteiger partial charge in [-0.2, -0.15) is 0 Å². The number of nitrogens with zero attached hydrogens (tertiary/aromatic N) is 2. The Hall–Kier alpha value is -0.750. The van der Waals surface area contributed by atoms with E-state index in [9.17, 15) is 13.6 Å². The van der Waals surface area contributed by atoms with Crippen molar-refractivity contribution in [2.45, 2.75) is 43.7 Å². The van der Waals surface area contributed by atoms with Crippen molar-refractivity contribution in [3.8, 4) is 0 Å². The minimum absolute atomic E-state index is 0.0638. The van der Waals surface area contributed by atoms with Gasteiger partial charge >= 0.3 is 0 Å². The molecule has 0 atom stereocenters. The second-order valence-electron chi connectivity index (χ2n) is 6.32. The van der Waals surface area contributed by atoms with Crippen LogP contribution in [0, 0.1) is 5.92 Å². The zero-order valence-corrected chi connectivity index (χ0v) is 12.6. The number of alkyl halides is 2. The van der Waals surface area contributed by atoms with E-state index in [0.717, 1.165) is 25.7 Å². The first-order chi connectivity index (χ1) is 9.30. The largest absolute Gasteiger partial charge is 0.336 e. The maximum atomic E-state index is 13.2. The van der Waals surface area contributed by atoms with Crippen LogP contribution in [0.25, 0.3) is 0 Å². The van der Waals surface area contributed by atoms with Gasteiger partial charge in [-0.25, -0.2) is 8.78 Å². The molecule has 0 spiro atoms. The molecule has 0 aromatic carbocycles. The third-order valence-corrected chi connectivity index (χ3v) is 4.96. The molecule has 0 bridgehead atoms. The molecule has 2 rings (SSSR count). The van der Waals surface area contributed by atoms with E-state index < -0.39 is 12.5 Å². The first-order valence-electron chi connectivity index (χ1n) is 7.33. The van der Waals surface area contributed by atoms with Crippen LogP contribution < -0.4 is 5.32 Å². The molecular weight excluding hydrogens is 264 g/mol. The Kier molecular flexibility index (Phi) is 4.35. The van der Waals surface area contributed by atoms with Crippen molar-refractivity contribution in [2.24, 2.45) is 5.92 Å². The summed E-state index contributed by atoms with van der Waals surface area (Å²) in [7, 11) is 5.99. The zero-order valence-electron chi connectivity index (χ0n) is 12.6. The van der Waals surface area contributed by atoms with Crippen molar-refractivity contribution >= 4 is 5.91 Å². The van der Waals surface area contributed by atoms with Crippen molar-refractivity contribution in [1.82, 2.24) is 15.1 Å². The molecule has 1 heterocycles. The predicted octanol–water partition coefficient (Wildman–Crippen LogP) is 1.52. The van der Waals surface area contributed by atoms with E-state index in [-0.39, 0.29) is 30.5 Å². The molecule has 1 saturated carbocycles. The number of amides is 1. The number of likely N-dealkylation sites (tertiary alicyclic amines) is 1. The van der Waals surface area contributed by atoms with Gasteiger partial charge in [-0.05, 0) is 46.8 Å². The van der Waals surface area contributed by atoms with Crippen LogP contribution in [0.5, 0.6) is 0 Å². The fraction of sp³-hybridized carbons (Fsp3) is 0.929. The average molecular weight is 289 g/mol. The molecule has 0 radical (unpaired) electrons. The van der Waals surface area contributed by atoms with Gasteiger partial charge in [0.2, 0.25) is 5.91 Å². The van der Waals surface area contributed by atoms with Crippen LogP contribution in [0.3, 0.4) is 0 Å². The molecule has 6 heteroatoms. The number of rotatable bonds is 3. The summed E-state index contributed by atoms with van der Waals surface area (Å²) in [6, 6.07) is 0. The molecule has 0 aromatic heterocycles. The number of hydrogen-bond donors (Lipinski definition) is 1. The number of hydrogen-bond acceptors (Lipinski definition) is 3. The summed E-state index contributed by atoms with van der Waals surface area (Å²) in [5, 5.41) is 3.34. The molecule has 1 aliphatic heterocycles. The van der Waals surface area contributed by atoms with Crippen molar-refractivity contribution in [1.29, 1.82) is 0 Å². The summed E-state index contributed by atoms with van der Waals surface area (Å²) >= 11 is 0. The van der Waals surface area contributed by atoms with Crippen LogP contribution in [0.4, 0.5) is 8.78 Å². The lowest BCUT2D eigenvalue weighted by Gasteiger charge is -2.45. The van der Waals surface area contributed by atoms with E-state index in [2.05, 4.69) is 10.2 Å². The monoisotopic (exact) mass is 289 g/mol. The molecule has 0 aromatic rings. The van der Waals surface area contributed by atoms with Gasteiger partial charge in [-0.15, -0.1) is 0 Å². The third-order valence-electron chi connectivity index (χ3n) is 4.96. The number of carbonyl (C=O) groups is 1. The van der Waals surface area contributed by atoms with Gasteiger partial charge in [0.1, 0.15) is 0 Å². The lowest BCUT2D eigenvalue weighted by atomic mass is 9.80. The summed E-state index contributed by atoms with van der Waals surface area (Å²) in [6.07, 6.45) is 3.08. The van der Waals surface area contributed by atoms with Crippen LogP contribution in [0.15, 0.2) is 0 Å². The Balaban J connectivity index is 1.92. The Morgan fingerprint density at radius 3 is 2.25 bits per heavy atom. The second kappa shape index (κ2) is 5.56. The van der Waals surface area contributed by atoms with Crippen LogP contribution in [0.2, 0.25) is 0 Å². The molecule has 20 heavy (non-hydrogen) atoms. The summed E-state index contributed by atoms with van der Waals surface area (Å²) in [5.41, 5.74) is -0.0638. The number of nitrogens with one attached hydrogen (secondary N) is 1. The van der Waals surface area contributed by atoms with E-state index in [1.54, 1.807) is 0 Å². The molecule has 1 N–H and O–H groups in total. The average Bonchev–Trinajstić information content (AvgIpc) is 2.78. The minimum atomic E-state index is -2.69. The highest BCUT2D eigenvalue weighted by molar-refractivity contribution is 5.79. The summed E-state index contributed by atoms with van der Waals surface area (Å²) in [4.78, 5) is 15.8. The first-order valence-corrected chi connectivity index (χ1v) is 7.33. The normalized spacial score (nSPS) is 33.7. The van der Waals surface area contributed by atoms with E-state index in [4.69, 9.17) is 0 Å². The summed E-state index contributed by atoms with van der Waals surface area (Å²) in [5.74, 6) is -2.86. The molecule has 1 amide bonds. The number of carbonyl (C=O) groups excluding carboxylic acids is 1. The number of halogens is 2. The molecule has 1 saturated heterocycles. The van der Waals surface area contributed by atoms with Gasteiger partial charge in [0, 0.05) is 18.9 Å². The third kappa shape index (κ3) is 2.96. The van der Waals surface area contributed by atoms with Crippen LogP contribution >= 0.6 is 0 Å². The Morgan fingerprint density at radius 2 is 1.85 bits per heavy atom. The summed E-state index contributed by atoms with van der Waals surface area (Å²) in [6.45, 7) is -0.194. The zero-order chi connectivity index (χ0) is 15.0.